The molecule has 20 heavy (non-hydrogen) atoms. The van der Waals surface area contributed by atoms with Crippen molar-refractivity contribution in [2.24, 2.45) is 0 Å². The number of hydrogen-bond acceptors (Lipinski definition) is 2. The minimum Gasteiger partial charge on any atom is -0.478 e. The van der Waals surface area contributed by atoms with Gasteiger partial charge in [-0.2, -0.15) is 0 Å². The van der Waals surface area contributed by atoms with Crippen molar-refractivity contribution in [3.05, 3.63) is 35.4 Å². The van der Waals surface area contributed by atoms with Gasteiger partial charge in [-0.25, -0.2) is 4.79 Å². The lowest BCUT2D eigenvalue weighted by atomic mass is 10.0. The van der Waals surface area contributed by atoms with Gasteiger partial charge in [0.05, 0.1) is 5.56 Å². The molecular formula is C16H26O3Si. The van der Waals surface area contributed by atoms with E-state index in [0.717, 1.165) is 18.4 Å². The van der Waals surface area contributed by atoms with E-state index in [4.69, 9.17) is 9.53 Å². The van der Waals surface area contributed by atoms with Crippen LogP contribution in [0.25, 0.3) is 0 Å². The summed E-state index contributed by atoms with van der Waals surface area (Å²) >= 11 is 0. The van der Waals surface area contributed by atoms with Crippen LogP contribution in [0, 0.1) is 0 Å². The van der Waals surface area contributed by atoms with Crippen molar-refractivity contribution in [3.63, 3.8) is 0 Å². The fourth-order valence-electron chi connectivity index (χ4n) is 1.75. The fourth-order valence-corrected chi connectivity index (χ4v) is 2.84. The van der Waals surface area contributed by atoms with Crippen LogP contribution in [-0.2, 0) is 10.8 Å². The fraction of sp³-hybridized carbons (Fsp3) is 0.562. The third kappa shape index (κ3) is 4.46. The number of carboxylic acids is 1. The van der Waals surface area contributed by atoms with E-state index in [9.17, 15) is 4.79 Å². The second-order valence-corrected chi connectivity index (χ2v) is 11.5. The first-order valence-electron chi connectivity index (χ1n) is 7.10. The maximum absolute atomic E-state index is 11.1. The molecule has 0 fully saturated rings. The Morgan fingerprint density at radius 2 is 1.85 bits per heavy atom. The predicted octanol–water partition coefficient (Wildman–Crippen LogP) is 4.34. The zero-order valence-corrected chi connectivity index (χ0v) is 14.2. The van der Waals surface area contributed by atoms with E-state index in [-0.39, 0.29) is 5.04 Å². The van der Waals surface area contributed by atoms with Crippen LogP contribution in [0.5, 0.6) is 0 Å². The van der Waals surface area contributed by atoms with Crippen molar-refractivity contribution in [1.82, 2.24) is 0 Å². The van der Waals surface area contributed by atoms with Gasteiger partial charge in [0.2, 0.25) is 0 Å². The van der Waals surface area contributed by atoms with Crippen LogP contribution in [0.2, 0.25) is 18.1 Å². The van der Waals surface area contributed by atoms with Gasteiger partial charge >= 0.3 is 5.97 Å². The molecule has 3 nitrogen and oxygen atoms in total. The molecule has 0 bridgehead atoms. The van der Waals surface area contributed by atoms with Crippen molar-refractivity contribution in [2.75, 3.05) is 6.61 Å². The molecular weight excluding hydrogens is 268 g/mol. The Morgan fingerprint density at radius 3 is 2.40 bits per heavy atom. The molecule has 4 heteroatoms. The largest absolute Gasteiger partial charge is 0.478 e. The number of carboxylic acid groups (broad SMARTS) is 1. The lowest BCUT2D eigenvalue weighted by molar-refractivity contribution is 0.0695. The summed E-state index contributed by atoms with van der Waals surface area (Å²) < 4.78 is 6.11. The molecule has 0 aliphatic rings. The average Bonchev–Trinajstić information content (AvgIpc) is 2.33. The van der Waals surface area contributed by atoms with Crippen LogP contribution >= 0.6 is 0 Å². The first kappa shape index (κ1) is 16.9. The van der Waals surface area contributed by atoms with E-state index >= 15 is 0 Å². The molecule has 1 rings (SSSR count). The summed E-state index contributed by atoms with van der Waals surface area (Å²) in [5.74, 6) is -0.856. The summed E-state index contributed by atoms with van der Waals surface area (Å²) in [6.07, 6.45) is 1.61. The predicted molar refractivity (Wildman–Crippen MR) is 84.9 cm³/mol. The molecule has 0 spiro atoms. The molecule has 0 unspecified atom stereocenters. The van der Waals surface area contributed by atoms with Crippen molar-refractivity contribution in [2.45, 2.75) is 51.7 Å². The van der Waals surface area contributed by atoms with Crippen LogP contribution in [-0.4, -0.2) is 26.0 Å². The monoisotopic (exact) mass is 294 g/mol. The molecule has 0 atom stereocenters. The topological polar surface area (TPSA) is 46.5 Å². The van der Waals surface area contributed by atoms with E-state index in [0.29, 0.717) is 12.2 Å². The number of benzene rings is 1. The van der Waals surface area contributed by atoms with Crippen LogP contribution in [0.3, 0.4) is 0 Å². The molecule has 1 aromatic carbocycles. The van der Waals surface area contributed by atoms with Gasteiger partial charge in [0, 0.05) is 6.61 Å². The van der Waals surface area contributed by atoms with Gasteiger partial charge < -0.3 is 9.53 Å². The Balaban J connectivity index is 2.52. The molecule has 112 valence electrons. The molecule has 0 heterocycles. The third-order valence-electron chi connectivity index (χ3n) is 4.11. The average molecular weight is 294 g/mol. The molecule has 0 radical (unpaired) electrons. The molecule has 1 aromatic rings. The second kappa shape index (κ2) is 6.55. The second-order valence-electron chi connectivity index (χ2n) is 6.67. The molecule has 0 aromatic heterocycles. The number of aryl methyl sites for hydroxylation is 1. The van der Waals surface area contributed by atoms with Crippen LogP contribution < -0.4 is 0 Å². The van der Waals surface area contributed by atoms with Crippen LogP contribution in [0.4, 0.5) is 0 Å². The third-order valence-corrected chi connectivity index (χ3v) is 8.65. The molecule has 0 aliphatic heterocycles. The summed E-state index contributed by atoms with van der Waals surface area (Å²) in [6, 6.07) is 7.19. The standard InChI is InChI=1S/C16H26O3Si/c1-16(2,3)20(4,5)19-12-8-10-13-9-6-7-11-14(13)15(17)18/h6-7,9,11H,8,10,12H2,1-5H3,(H,17,18). The maximum atomic E-state index is 11.1. The Hall–Kier alpha value is -1.13. The zero-order chi connectivity index (χ0) is 15.4. The summed E-state index contributed by atoms with van der Waals surface area (Å²) in [7, 11) is -1.69. The SMILES string of the molecule is CC(C)(C)[Si](C)(C)OCCCc1ccccc1C(=O)O. The highest BCUT2D eigenvalue weighted by atomic mass is 28.4. The van der Waals surface area contributed by atoms with E-state index in [1.165, 1.54) is 0 Å². The minimum absolute atomic E-state index is 0.214. The Bertz CT molecular complexity index is 461. The Morgan fingerprint density at radius 1 is 1.25 bits per heavy atom. The molecule has 1 N–H and O–H groups in total. The maximum Gasteiger partial charge on any atom is 0.335 e. The first-order chi connectivity index (χ1) is 9.15. The lowest BCUT2D eigenvalue weighted by Gasteiger charge is -2.36. The number of hydrogen-bond donors (Lipinski definition) is 1. The van der Waals surface area contributed by atoms with Crippen molar-refractivity contribution in [1.29, 1.82) is 0 Å². The van der Waals surface area contributed by atoms with E-state index in [1.54, 1.807) is 12.1 Å². The van der Waals surface area contributed by atoms with Gasteiger partial charge in [-0.1, -0.05) is 39.0 Å². The summed E-state index contributed by atoms with van der Waals surface area (Å²) in [5, 5.41) is 9.35. The van der Waals surface area contributed by atoms with Gasteiger partial charge in [-0.3, -0.25) is 0 Å². The highest BCUT2D eigenvalue weighted by Crippen LogP contribution is 2.36. The highest BCUT2D eigenvalue weighted by Gasteiger charge is 2.36. The zero-order valence-electron chi connectivity index (χ0n) is 13.2. The smallest absolute Gasteiger partial charge is 0.335 e. The van der Waals surface area contributed by atoms with Gasteiger partial charge in [-0.15, -0.1) is 0 Å². The van der Waals surface area contributed by atoms with Gasteiger partial charge in [0.25, 0.3) is 0 Å². The normalized spacial score (nSPS) is 12.4. The summed E-state index contributed by atoms with van der Waals surface area (Å²) in [4.78, 5) is 11.1. The molecule has 0 aliphatic carbocycles. The van der Waals surface area contributed by atoms with Gasteiger partial charge in [-0.05, 0) is 42.6 Å². The van der Waals surface area contributed by atoms with Crippen molar-refractivity contribution in [3.8, 4) is 0 Å². The van der Waals surface area contributed by atoms with Gasteiger partial charge in [0.15, 0.2) is 8.32 Å². The van der Waals surface area contributed by atoms with E-state index < -0.39 is 14.3 Å². The lowest BCUT2D eigenvalue weighted by Crippen LogP contribution is -2.41. The van der Waals surface area contributed by atoms with E-state index in [2.05, 4.69) is 33.9 Å². The van der Waals surface area contributed by atoms with Crippen molar-refractivity contribution >= 4 is 14.3 Å². The summed E-state index contributed by atoms with van der Waals surface area (Å²) in [5.41, 5.74) is 1.29. The van der Waals surface area contributed by atoms with Crippen molar-refractivity contribution < 1.29 is 14.3 Å². The van der Waals surface area contributed by atoms with Crippen LogP contribution in [0.15, 0.2) is 24.3 Å². The number of carbonyl (C=O) groups is 1. The summed E-state index contributed by atoms with van der Waals surface area (Å²) in [6.45, 7) is 11.8. The Labute approximate surface area is 123 Å². The van der Waals surface area contributed by atoms with Crippen LogP contribution in [0.1, 0.15) is 43.1 Å². The minimum atomic E-state index is -1.69. The first-order valence-corrected chi connectivity index (χ1v) is 10.0. The number of aromatic carboxylic acids is 1. The van der Waals surface area contributed by atoms with E-state index in [1.807, 2.05) is 12.1 Å². The molecule has 0 amide bonds. The molecule has 0 saturated heterocycles. The van der Waals surface area contributed by atoms with Gasteiger partial charge in [0.1, 0.15) is 0 Å². The highest BCUT2D eigenvalue weighted by molar-refractivity contribution is 6.74. The molecule has 0 saturated carbocycles. The Kier molecular flexibility index (Phi) is 5.54. The quantitative estimate of drug-likeness (QED) is 0.627. The number of rotatable bonds is 6.